The summed E-state index contributed by atoms with van der Waals surface area (Å²) in [5.74, 6) is -2.01. The van der Waals surface area contributed by atoms with Gasteiger partial charge >= 0.3 is 11.9 Å². The molecule has 0 amide bonds. The van der Waals surface area contributed by atoms with E-state index in [1.807, 2.05) is 0 Å². The van der Waals surface area contributed by atoms with Crippen molar-refractivity contribution in [1.29, 1.82) is 0 Å². The van der Waals surface area contributed by atoms with Crippen LogP contribution >= 0.6 is 15.9 Å². The third-order valence-corrected chi connectivity index (χ3v) is 4.60. The normalized spacial score (nSPS) is 29.1. The molecule has 0 aromatic heterocycles. The Labute approximate surface area is 125 Å². The number of carbonyl (C=O) groups is 2. The number of aliphatic carboxylic acids is 2. The average molecular weight is 339 g/mol. The zero-order valence-electron chi connectivity index (χ0n) is 11.0. The summed E-state index contributed by atoms with van der Waals surface area (Å²) in [4.78, 5) is 23.3. The van der Waals surface area contributed by atoms with Gasteiger partial charge in [0.25, 0.3) is 0 Å². The molecule has 0 heterocycles. The standard InChI is InChI=1S/C15H15BrO4/c1-14(12(17)18)7-4-8-15(9-14,13(19)20)10-5-2-3-6-11(10)16/h2-7H,8-9H2,1H3,(H,17,18)(H,19,20). The van der Waals surface area contributed by atoms with Crippen LogP contribution < -0.4 is 0 Å². The molecule has 5 heteroatoms. The van der Waals surface area contributed by atoms with Crippen molar-refractivity contribution in [3.05, 3.63) is 46.5 Å². The topological polar surface area (TPSA) is 74.6 Å². The van der Waals surface area contributed by atoms with E-state index in [-0.39, 0.29) is 12.8 Å². The van der Waals surface area contributed by atoms with Crippen molar-refractivity contribution in [2.75, 3.05) is 0 Å². The first-order valence-corrected chi connectivity index (χ1v) is 7.01. The molecular weight excluding hydrogens is 324 g/mol. The Hall–Kier alpha value is -1.62. The zero-order chi connectivity index (χ0) is 15.0. The van der Waals surface area contributed by atoms with E-state index in [9.17, 15) is 19.8 Å². The molecule has 0 fully saturated rings. The van der Waals surface area contributed by atoms with Crippen molar-refractivity contribution in [3.8, 4) is 0 Å². The summed E-state index contributed by atoms with van der Waals surface area (Å²) in [6.07, 6.45) is 3.57. The highest BCUT2D eigenvalue weighted by Gasteiger charge is 2.50. The number of rotatable bonds is 3. The largest absolute Gasteiger partial charge is 0.481 e. The van der Waals surface area contributed by atoms with Crippen molar-refractivity contribution in [2.45, 2.75) is 25.2 Å². The van der Waals surface area contributed by atoms with Gasteiger partial charge in [0.2, 0.25) is 0 Å². The highest BCUT2D eigenvalue weighted by molar-refractivity contribution is 9.10. The van der Waals surface area contributed by atoms with Crippen molar-refractivity contribution in [3.63, 3.8) is 0 Å². The van der Waals surface area contributed by atoms with Crippen LogP contribution in [-0.2, 0) is 15.0 Å². The van der Waals surface area contributed by atoms with Gasteiger partial charge in [0.15, 0.2) is 0 Å². The Morgan fingerprint density at radius 3 is 2.40 bits per heavy atom. The second-order valence-electron chi connectivity index (χ2n) is 5.37. The minimum Gasteiger partial charge on any atom is -0.481 e. The molecule has 106 valence electrons. The summed E-state index contributed by atoms with van der Waals surface area (Å²) >= 11 is 3.38. The van der Waals surface area contributed by atoms with E-state index in [0.29, 0.717) is 10.0 Å². The maximum atomic E-state index is 11.9. The van der Waals surface area contributed by atoms with Gasteiger partial charge in [0.05, 0.1) is 10.8 Å². The molecular formula is C15H15BrO4. The van der Waals surface area contributed by atoms with Gasteiger partial charge in [-0.1, -0.05) is 46.3 Å². The van der Waals surface area contributed by atoms with Crippen molar-refractivity contribution in [1.82, 2.24) is 0 Å². The number of carboxylic acid groups (broad SMARTS) is 2. The van der Waals surface area contributed by atoms with E-state index >= 15 is 0 Å². The molecule has 1 aromatic rings. The van der Waals surface area contributed by atoms with E-state index in [1.165, 1.54) is 0 Å². The number of carboxylic acids is 2. The van der Waals surface area contributed by atoms with Crippen LogP contribution in [0.25, 0.3) is 0 Å². The van der Waals surface area contributed by atoms with Crippen molar-refractivity contribution in [2.24, 2.45) is 5.41 Å². The van der Waals surface area contributed by atoms with Gasteiger partial charge in [-0.2, -0.15) is 0 Å². The SMILES string of the molecule is CC1(C(=O)O)C=CCC(C(=O)O)(c2ccccc2Br)C1. The summed E-state index contributed by atoms with van der Waals surface area (Å²) in [6.45, 7) is 1.56. The van der Waals surface area contributed by atoms with Crippen LogP contribution in [0, 0.1) is 5.41 Å². The van der Waals surface area contributed by atoms with Gasteiger partial charge in [-0.05, 0) is 31.4 Å². The highest BCUT2D eigenvalue weighted by Crippen LogP contribution is 2.46. The van der Waals surface area contributed by atoms with Gasteiger partial charge in [0.1, 0.15) is 0 Å². The van der Waals surface area contributed by atoms with Gasteiger partial charge in [-0.15, -0.1) is 0 Å². The molecule has 1 aromatic carbocycles. The Morgan fingerprint density at radius 2 is 1.85 bits per heavy atom. The number of hydrogen-bond acceptors (Lipinski definition) is 2. The van der Waals surface area contributed by atoms with Crippen LogP contribution in [0.4, 0.5) is 0 Å². The molecule has 2 N–H and O–H groups in total. The van der Waals surface area contributed by atoms with Gasteiger partial charge in [0, 0.05) is 4.47 Å². The van der Waals surface area contributed by atoms with Crippen LogP contribution in [0.2, 0.25) is 0 Å². The predicted molar refractivity (Wildman–Crippen MR) is 77.6 cm³/mol. The summed E-state index contributed by atoms with van der Waals surface area (Å²) in [5, 5.41) is 19.1. The molecule has 2 rings (SSSR count). The lowest BCUT2D eigenvalue weighted by Crippen LogP contribution is -2.45. The summed E-state index contributed by atoms with van der Waals surface area (Å²) in [5.41, 5.74) is -1.78. The molecule has 20 heavy (non-hydrogen) atoms. The fourth-order valence-corrected chi connectivity index (χ4v) is 3.42. The second kappa shape index (κ2) is 5.05. The van der Waals surface area contributed by atoms with Gasteiger partial charge < -0.3 is 10.2 Å². The molecule has 0 saturated heterocycles. The van der Waals surface area contributed by atoms with Gasteiger partial charge in [-0.3, -0.25) is 9.59 Å². The lowest BCUT2D eigenvalue weighted by molar-refractivity contribution is -0.151. The monoisotopic (exact) mass is 338 g/mol. The lowest BCUT2D eigenvalue weighted by Gasteiger charge is -2.39. The number of halogens is 1. The molecule has 1 aliphatic rings. The number of allylic oxidation sites excluding steroid dienone is 1. The predicted octanol–water partition coefficient (Wildman–Crippen LogP) is 3.21. The summed E-state index contributed by atoms with van der Waals surface area (Å²) < 4.78 is 0.686. The highest BCUT2D eigenvalue weighted by atomic mass is 79.9. The van der Waals surface area contributed by atoms with Crippen LogP contribution in [0.1, 0.15) is 25.3 Å². The summed E-state index contributed by atoms with van der Waals surface area (Å²) in [6, 6.07) is 7.08. The number of benzene rings is 1. The van der Waals surface area contributed by atoms with Crippen LogP contribution in [-0.4, -0.2) is 22.2 Å². The summed E-state index contributed by atoms with van der Waals surface area (Å²) in [7, 11) is 0. The lowest BCUT2D eigenvalue weighted by atomic mass is 9.63. The Kier molecular flexibility index (Phi) is 3.73. The Balaban J connectivity index is 2.59. The first-order valence-electron chi connectivity index (χ1n) is 6.21. The molecule has 0 saturated carbocycles. The maximum absolute atomic E-state index is 11.9. The van der Waals surface area contributed by atoms with Crippen LogP contribution in [0.3, 0.4) is 0 Å². The van der Waals surface area contributed by atoms with E-state index in [2.05, 4.69) is 15.9 Å². The quantitative estimate of drug-likeness (QED) is 0.830. The molecule has 0 aliphatic heterocycles. The fourth-order valence-electron chi connectivity index (χ4n) is 2.76. The van der Waals surface area contributed by atoms with Gasteiger partial charge in [-0.25, -0.2) is 0 Å². The minimum atomic E-state index is -1.22. The molecule has 0 radical (unpaired) electrons. The second-order valence-corrected chi connectivity index (χ2v) is 6.23. The van der Waals surface area contributed by atoms with E-state index < -0.39 is 22.8 Å². The first kappa shape index (κ1) is 14.8. The van der Waals surface area contributed by atoms with Crippen LogP contribution in [0.5, 0.6) is 0 Å². The van der Waals surface area contributed by atoms with Crippen molar-refractivity contribution >= 4 is 27.9 Å². The Morgan fingerprint density at radius 1 is 1.20 bits per heavy atom. The van der Waals surface area contributed by atoms with E-state index in [0.717, 1.165) is 0 Å². The molecule has 1 aliphatic carbocycles. The third kappa shape index (κ3) is 2.26. The van der Waals surface area contributed by atoms with Crippen LogP contribution in [0.15, 0.2) is 40.9 Å². The van der Waals surface area contributed by atoms with Crippen molar-refractivity contribution < 1.29 is 19.8 Å². The molecule has 2 atom stereocenters. The Bertz CT molecular complexity index is 595. The molecule has 4 nitrogen and oxygen atoms in total. The maximum Gasteiger partial charge on any atom is 0.314 e. The zero-order valence-corrected chi connectivity index (χ0v) is 12.6. The minimum absolute atomic E-state index is 0.0315. The first-order chi connectivity index (χ1) is 9.32. The fraction of sp³-hybridized carbons (Fsp3) is 0.333. The third-order valence-electron chi connectivity index (χ3n) is 3.91. The smallest absolute Gasteiger partial charge is 0.314 e. The van der Waals surface area contributed by atoms with E-state index in [1.54, 1.807) is 43.3 Å². The molecule has 0 bridgehead atoms. The molecule has 0 spiro atoms. The molecule has 2 unspecified atom stereocenters. The number of hydrogen-bond donors (Lipinski definition) is 2. The average Bonchev–Trinajstić information content (AvgIpc) is 2.38. The van der Waals surface area contributed by atoms with E-state index in [4.69, 9.17) is 0 Å².